The summed E-state index contributed by atoms with van der Waals surface area (Å²) in [5.41, 5.74) is 1.41. The maximum absolute atomic E-state index is 12.9. The SMILES string of the molecule is COc1cc(/C=C2\C(=O)NC(=O)N(c3ccc(C)cc3)C2=O)cc(Cl)c1OCC#N. The topological polar surface area (TPSA) is 109 Å². The number of barbiturate groups is 1. The summed E-state index contributed by atoms with van der Waals surface area (Å²) in [5, 5.41) is 11.0. The summed E-state index contributed by atoms with van der Waals surface area (Å²) in [5.74, 6) is -1.21. The third kappa shape index (κ3) is 4.11. The second kappa shape index (κ2) is 8.68. The molecule has 2 aromatic carbocycles. The molecular formula is C21H16ClN3O5. The number of ether oxygens (including phenoxy) is 2. The molecule has 1 heterocycles. The first kappa shape index (κ1) is 20.9. The lowest BCUT2D eigenvalue weighted by Gasteiger charge is -2.26. The van der Waals surface area contributed by atoms with Crippen molar-refractivity contribution < 1.29 is 23.9 Å². The predicted molar refractivity (Wildman–Crippen MR) is 109 cm³/mol. The van der Waals surface area contributed by atoms with E-state index in [0.717, 1.165) is 10.5 Å². The molecule has 0 aromatic heterocycles. The van der Waals surface area contributed by atoms with Crippen LogP contribution in [0.2, 0.25) is 5.02 Å². The van der Waals surface area contributed by atoms with Crippen molar-refractivity contribution in [3.05, 3.63) is 58.1 Å². The Kier molecular flexibility index (Phi) is 6.04. The number of hydrogen-bond acceptors (Lipinski definition) is 6. The average Bonchev–Trinajstić information content (AvgIpc) is 2.71. The smallest absolute Gasteiger partial charge is 0.335 e. The highest BCUT2D eigenvalue weighted by atomic mass is 35.5. The van der Waals surface area contributed by atoms with Crippen molar-refractivity contribution in [2.24, 2.45) is 0 Å². The van der Waals surface area contributed by atoms with Crippen LogP contribution in [0.1, 0.15) is 11.1 Å². The zero-order valence-corrected chi connectivity index (χ0v) is 16.8. The summed E-state index contributed by atoms with van der Waals surface area (Å²) >= 11 is 6.21. The van der Waals surface area contributed by atoms with Crippen molar-refractivity contribution in [2.75, 3.05) is 18.6 Å². The van der Waals surface area contributed by atoms with Crippen molar-refractivity contribution in [1.29, 1.82) is 5.26 Å². The van der Waals surface area contributed by atoms with E-state index in [9.17, 15) is 14.4 Å². The summed E-state index contributed by atoms with van der Waals surface area (Å²) in [6.07, 6.45) is 1.30. The molecule has 152 valence electrons. The summed E-state index contributed by atoms with van der Waals surface area (Å²) < 4.78 is 10.5. The number of imide groups is 2. The van der Waals surface area contributed by atoms with Crippen molar-refractivity contribution in [1.82, 2.24) is 5.32 Å². The van der Waals surface area contributed by atoms with Gasteiger partial charge in [-0.05, 0) is 42.8 Å². The van der Waals surface area contributed by atoms with Gasteiger partial charge in [0.05, 0.1) is 17.8 Å². The molecule has 9 heteroatoms. The second-order valence-electron chi connectivity index (χ2n) is 6.27. The fraction of sp³-hybridized carbons (Fsp3) is 0.143. The Morgan fingerprint density at radius 3 is 2.53 bits per heavy atom. The Labute approximate surface area is 177 Å². The van der Waals surface area contributed by atoms with E-state index in [1.54, 1.807) is 24.3 Å². The average molecular weight is 426 g/mol. The summed E-state index contributed by atoms with van der Waals surface area (Å²) in [6.45, 7) is 1.64. The lowest BCUT2D eigenvalue weighted by Crippen LogP contribution is -2.54. The molecule has 1 saturated heterocycles. The standard InChI is InChI=1S/C21H16ClN3O5/c1-12-3-5-14(6-4-12)25-20(27)15(19(26)24-21(25)28)9-13-10-16(22)18(30-8-7-23)17(11-13)29-2/h3-6,9-11H,8H2,1-2H3,(H,24,26,28)/b15-9+. The monoisotopic (exact) mass is 425 g/mol. The van der Waals surface area contributed by atoms with Gasteiger partial charge in [0.2, 0.25) is 0 Å². The molecule has 30 heavy (non-hydrogen) atoms. The zero-order chi connectivity index (χ0) is 21.8. The maximum Gasteiger partial charge on any atom is 0.335 e. The molecule has 1 fully saturated rings. The molecule has 1 aliphatic heterocycles. The van der Waals surface area contributed by atoms with Crippen LogP contribution in [0.25, 0.3) is 6.08 Å². The van der Waals surface area contributed by atoms with Gasteiger partial charge in [0.15, 0.2) is 18.1 Å². The predicted octanol–water partition coefficient (Wildman–Crippen LogP) is 3.23. The number of amides is 4. The first-order valence-electron chi connectivity index (χ1n) is 8.71. The summed E-state index contributed by atoms with van der Waals surface area (Å²) in [7, 11) is 1.39. The highest BCUT2D eigenvalue weighted by Gasteiger charge is 2.36. The number of carbonyl (C=O) groups is 3. The zero-order valence-electron chi connectivity index (χ0n) is 16.1. The molecule has 0 bridgehead atoms. The molecule has 0 unspecified atom stereocenters. The number of urea groups is 1. The molecule has 3 rings (SSSR count). The highest BCUT2D eigenvalue weighted by Crippen LogP contribution is 2.37. The first-order chi connectivity index (χ1) is 14.3. The van der Waals surface area contributed by atoms with Crippen molar-refractivity contribution in [3.63, 3.8) is 0 Å². The Morgan fingerprint density at radius 2 is 1.90 bits per heavy atom. The molecular weight excluding hydrogens is 410 g/mol. The number of methoxy groups -OCH3 is 1. The van der Waals surface area contributed by atoms with E-state index in [0.29, 0.717) is 11.3 Å². The fourth-order valence-corrected chi connectivity index (χ4v) is 3.09. The second-order valence-corrected chi connectivity index (χ2v) is 6.68. The minimum Gasteiger partial charge on any atom is -0.493 e. The molecule has 0 saturated carbocycles. The van der Waals surface area contributed by atoms with Gasteiger partial charge in [-0.2, -0.15) is 5.26 Å². The lowest BCUT2D eigenvalue weighted by molar-refractivity contribution is -0.122. The van der Waals surface area contributed by atoms with E-state index in [4.69, 9.17) is 26.3 Å². The number of aryl methyl sites for hydroxylation is 1. The minimum atomic E-state index is -0.832. The van der Waals surface area contributed by atoms with E-state index < -0.39 is 17.8 Å². The van der Waals surface area contributed by atoms with Gasteiger partial charge in [0, 0.05) is 0 Å². The number of rotatable bonds is 5. The number of nitriles is 1. The van der Waals surface area contributed by atoms with E-state index in [1.807, 2.05) is 13.0 Å². The van der Waals surface area contributed by atoms with Gasteiger partial charge < -0.3 is 9.47 Å². The number of halogens is 1. The number of hydrogen-bond donors (Lipinski definition) is 1. The van der Waals surface area contributed by atoms with E-state index in [1.165, 1.54) is 25.3 Å². The van der Waals surface area contributed by atoms with E-state index in [-0.39, 0.29) is 28.7 Å². The molecule has 0 spiro atoms. The first-order valence-corrected chi connectivity index (χ1v) is 9.09. The fourth-order valence-electron chi connectivity index (χ4n) is 2.82. The summed E-state index contributed by atoms with van der Waals surface area (Å²) in [6, 6.07) is 10.7. The van der Waals surface area contributed by atoms with Crippen LogP contribution < -0.4 is 19.7 Å². The van der Waals surface area contributed by atoms with Crippen LogP contribution in [0.3, 0.4) is 0 Å². The molecule has 0 aliphatic carbocycles. The van der Waals surface area contributed by atoms with Gasteiger partial charge in [-0.1, -0.05) is 29.3 Å². The van der Waals surface area contributed by atoms with Gasteiger partial charge in [-0.3, -0.25) is 14.9 Å². The number of nitrogens with zero attached hydrogens (tertiary/aromatic N) is 2. The van der Waals surface area contributed by atoms with Gasteiger partial charge in [-0.15, -0.1) is 0 Å². The van der Waals surface area contributed by atoms with Crippen LogP contribution in [0, 0.1) is 18.3 Å². The van der Waals surface area contributed by atoms with Crippen LogP contribution in [-0.2, 0) is 9.59 Å². The molecule has 8 nitrogen and oxygen atoms in total. The molecule has 1 aliphatic rings. The molecule has 0 atom stereocenters. The minimum absolute atomic E-state index is 0.131. The van der Waals surface area contributed by atoms with E-state index in [2.05, 4.69) is 5.32 Å². The third-order valence-electron chi connectivity index (χ3n) is 4.24. The molecule has 1 N–H and O–H groups in total. The Hall–Kier alpha value is -3.83. The Morgan fingerprint density at radius 1 is 1.20 bits per heavy atom. The van der Waals surface area contributed by atoms with Gasteiger partial charge in [0.1, 0.15) is 11.6 Å². The largest absolute Gasteiger partial charge is 0.493 e. The van der Waals surface area contributed by atoms with Crippen LogP contribution in [0.4, 0.5) is 10.5 Å². The Balaban J connectivity index is 2.01. The third-order valence-corrected chi connectivity index (χ3v) is 4.52. The van der Waals surface area contributed by atoms with Gasteiger partial charge in [0.25, 0.3) is 11.8 Å². The van der Waals surface area contributed by atoms with Crippen LogP contribution >= 0.6 is 11.6 Å². The van der Waals surface area contributed by atoms with Crippen molar-refractivity contribution in [2.45, 2.75) is 6.92 Å². The number of nitrogens with one attached hydrogen (secondary N) is 1. The normalized spacial score (nSPS) is 15.1. The van der Waals surface area contributed by atoms with Gasteiger partial charge >= 0.3 is 6.03 Å². The lowest BCUT2D eigenvalue weighted by atomic mass is 10.1. The van der Waals surface area contributed by atoms with Gasteiger partial charge in [-0.25, -0.2) is 9.69 Å². The number of anilines is 1. The maximum atomic E-state index is 12.9. The van der Waals surface area contributed by atoms with Crippen LogP contribution in [0.15, 0.2) is 42.0 Å². The molecule has 4 amide bonds. The summed E-state index contributed by atoms with van der Waals surface area (Å²) in [4.78, 5) is 38.4. The number of benzene rings is 2. The van der Waals surface area contributed by atoms with E-state index >= 15 is 0 Å². The van der Waals surface area contributed by atoms with Crippen LogP contribution in [-0.4, -0.2) is 31.6 Å². The highest BCUT2D eigenvalue weighted by molar-refractivity contribution is 6.39. The number of carbonyl (C=O) groups excluding carboxylic acids is 3. The van der Waals surface area contributed by atoms with Crippen LogP contribution in [0.5, 0.6) is 11.5 Å². The van der Waals surface area contributed by atoms with Crippen molar-refractivity contribution >= 4 is 41.2 Å². The molecule has 0 radical (unpaired) electrons. The Bertz CT molecular complexity index is 1100. The quantitative estimate of drug-likeness (QED) is 0.582. The molecule has 2 aromatic rings. The van der Waals surface area contributed by atoms with Crippen molar-refractivity contribution in [3.8, 4) is 17.6 Å².